The third kappa shape index (κ3) is 3.25. The van der Waals surface area contributed by atoms with E-state index in [1.807, 2.05) is 4.90 Å². The number of nitrogens with one attached hydrogen (secondary N) is 1. The molecule has 1 heterocycles. The standard InChI is InChI=1S/C22H21FN2O2/c1-14-9-11-25(12-10-14)20-19(24-16-6-4-5-15(23)13-16)21(26)17-7-2-3-8-18(17)22(20)27/h2-8,13-14,24H,9-12H2,1H3. The van der Waals surface area contributed by atoms with Crippen LogP contribution in [0.4, 0.5) is 10.1 Å². The molecule has 0 radical (unpaired) electrons. The zero-order valence-corrected chi connectivity index (χ0v) is 15.2. The molecule has 1 fully saturated rings. The molecule has 1 N–H and O–H groups in total. The van der Waals surface area contributed by atoms with Crippen LogP contribution < -0.4 is 5.32 Å². The van der Waals surface area contributed by atoms with Gasteiger partial charge in [0, 0.05) is 29.9 Å². The lowest BCUT2D eigenvalue weighted by atomic mass is 9.88. The van der Waals surface area contributed by atoms with Crippen LogP contribution in [0.5, 0.6) is 0 Å². The fourth-order valence-electron chi connectivity index (χ4n) is 3.72. The maximum Gasteiger partial charge on any atom is 0.212 e. The Hall–Kier alpha value is -2.95. The fourth-order valence-corrected chi connectivity index (χ4v) is 3.72. The van der Waals surface area contributed by atoms with Gasteiger partial charge < -0.3 is 10.2 Å². The first-order valence-electron chi connectivity index (χ1n) is 9.25. The minimum atomic E-state index is -0.399. The van der Waals surface area contributed by atoms with E-state index in [1.165, 1.54) is 12.1 Å². The number of halogens is 1. The molecule has 5 heteroatoms. The van der Waals surface area contributed by atoms with Crippen molar-refractivity contribution >= 4 is 17.3 Å². The van der Waals surface area contributed by atoms with Gasteiger partial charge in [0.25, 0.3) is 0 Å². The summed E-state index contributed by atoms with van der Waals surface area (Å²) in [5.41, 5.74) is 1.90. The van der Waals surface area contributed by atoms with Gasteiger partial charge in [-0.25, -0.2) is 4.39 Å². The van der Waals surface area contributed by atoms with Crippen LogP contribution in [0, 0.1) is 11.7 Å². The second kappa shape index (κ2) is 6.99. The Morgan fingerprint density at radius 3 is 2.30 bits per heavy atom. The lowest BCUT2D eigenvalue weighted by Gasteiger charge is -2.36. The van der Waals surface area contributed by atoms with Crippen molar-refractivity contribution in [2.45, 2.75) is 19.8 Å². The van der Waals surface area contributed by atoms with Crippen LogP contribution in [-0.2, 0) is 0 Å². The summed E-state index contributed by atoms with van der Waals surface area (Å²) < 4.78 is 13.6. The van der Waals surface area contributed by atoms with Crippen molar-refractivity contribution in [3.63, 3.8) is 0 Å². The van der Waals surface area contributed by atoms with E-state index < -0.39 is 5.82 Å². The lowest BCUT2D eigenvalue weighted by molar-refractivity contribution is 0.0928. The van der Waals surface area contributed by atoms with Crippen molar-refractivity contribution in [3.05, 3.63) is 76.9 Å². The molecule has 1 aliphatic carbocycles. The molecule has 0 amide bonds. The van der Waals surface area contributed by atoms with E-state index in [0.717, 1.165) is 25.9 Å². The number of ketones is 2. The highest BCUT2D eigenvalue weighted by atomic mass is 19.1. The molecule has 0 unspecified atom stereocenters. The lowest BCUT2D eigenvalue weighted by Crippen LogP contribution is -2.40. The summed E-state index contributed by atoms with van der Waals surface area (Å²) >= 11 is 0. The molecule has 2 aromatic rings. The number of carbonyl (C=O) groups is 2. The summed E-state index contributed by atoms with van der Waals surface area (Å²) in [5.74, 6) is -0.186. The van der Waals surface area contributed by atoms with Gasteiger partial charge in [0.15, 0.2) is 0 Å². The Balaban J connectivity index is 1.80. The predicted molar refractivity (Wildman–Crippen MR) is 102 cm³/mol. The van der Waals surface area contributed by atoms with Crippen LogP contribution >= 0.6 is 0 Å². The van der Waals surface area contributed by atoms with Gasteiger partial charge >= 0.3 is 0 Å². The molecular weight excluding hydrogens is 343 g/mol. The molecule has 0 bridgehead atoms. The fraction of sp³-hybridized carbons (Fsp3) is 0.273. The maximum atomic E-state index is 13.6. The molecule has 4 nitrogen and oxygen atoms in total. The number of Topliss-reactive ketones (excluding diaryl/α,β-unsaturated/α-hetero) is 2. The smallest absolute Gasteiger partial charge is 0.212 e. The number of allylic oxidation sites excluding steroid dienone is 2. The Morgan fingerprint density at radius 2 is 1.63 bits per heavy atom. The first kappa shape index (κ1) is 17.5. The van der Waals surface area contributed by atoms with Crippen molar-refractivity contribution in [1.82, 2.24) is 4.90 Å². The van der Waals surface area contributed by atoms with Gasteiger partial charge in [0.1, 0.15) is 17.2 Å². The molecular formula is C22H21FN2O2. The van der Waals surface area contributed by atoms with Gasteiger partial charge in [0.05, 0.1) is 0 Å². The SMILES string of the molecule is CC1CCN(C2=C(Nc3cccc(F)c3)C(=O)c3ccccc3C2=O)CC1. The molecule has 27 heavy (non-hydrogen) atoms. The van der Waals surface area contributed by atoms with E-state index in [2.05, 4.69) is 12.2 Å². The molecule has 0 saturated carbocycles. The van der Waals surface area contributed by atoms with Crippen molar-refractivity contribution in [3.8, 4) is 0 Å². The third-order valence-corrected chi connectivity index (χ3v) is 5.29. The number of benzene rings is 2. The van der Waals surface area contributed by atoms with Gasteiger partial charge in [-0.15, -0.1) is 0 Å². The van der Waals surface area contributed by atoms with Crippen LogP contribution in [0.1, 0.15) is 40.5 Å². The van der Waals surface area contributed by atoms with E-state index in [-0.39, 0.29) is 17.3 Å². The number of rotatable bonds is 3. The molecule has 0 aromatic heterocycles. The van der Waals surface area contributed by atoms with Crippen molar-refractivity contribution in [1.29, 1.82) is 0 Å². The predicted octanol–water partition coefficient (Wildman–Crippen LogP) is 4.26. The normalized spacial score (nSPS) is 17.9. The molecule has 1 saturated heterocycles. The summed E-state index contributed by atoms with van der Waals surface area (Å²) in [4.78, 5) is 28.4. The Labute approximate surface area is 157 Å². The summed E-state index contributed by atoms with van der Waals surface area (Å²) in [6.07, 6.45) is 1.94. The summed E-state index contributed by atoms with van der Waals surface area (Å²) in [5, 5.41) is 3.03. The van der Waals surface area contributed by atoms with Crippen molar-refractivity contribution in [2.75, 3.05) is 18.4 Å². The molecule has 0 spiro atoms. The van der Waals surface area contributed by atoms with Gasteiger partial charge in [-0.2, -0.15) is 0 Å². The van der Waals surface area contributed by atoms with E-state index in [9.17, 15) is 14.0 Å². The van der Waals surface area contributed by atoms with Crippen LogP contribution in [0.15, 0.2) is 59.9 Å². The van der Waals surface area contributed by atoms with Crippen LogP contribution in [-0.4, -0.2) is 29.6 Å². The molecule has 0 atom stereocenters. The number of nitrogens with zero attached hydrogens (tertiary/aromatic N) is 1. The Kier molecular flexibility index (Phi) is 4.52. The topological polar surface area (TPSA) is 49.4 Å². The largest absolute Gasteiger partial charge is 0.367 e. The zero-order chi connectivity index (χ0) is 19.0. The average molecular weight is 364 g/mol. The van der Waals surface area contributed by atoms with E-state index in [1.54, 1.807) is 36.4 Å². The second-order valence-electron chi connectivity index (χ2n) is 7.23. The Morgan fingerprint density at radius 1 is 0.963 bits per heavy atom. The monoisotopic (exact) mass is 364 g/mol. The van der Waals surface area contributed by atoms with E-state index in [4.69, 9.17) is 0 Å². The number of anilines is 1. The summed E-state index contributed by atoms with van der Waals surface area (Å²) in [6.45, 7) is 3.65. The first-order chi connectivity index (χ1) is 13.0. The van der Waals surface area contributed by atoms with Crippen LogP contribution in [0.3, 0.4) is 0 Å². The van der Waals surface area contributed by atoms with Crippen LogP contribution in [0.2, 0.25) is 0 Å². The van der Waals surface area contributed by atoms with E-state index in [0.29, 0.717) is 28.4 Å². The molecule has 2 aromatic carbocycles. The number of fused-ring (bicyclic) bond motifs is 1. The summed E-state index contributed by atoms with van der Waals surface area (Å²) in [7, 11) is 0. The highest BCUT2D eigenvalue weighted by Gasteiger charge is 2.36. The first-order valence-corrected chi connectivity index (χ1v) is 9.25. The minimum absolute atomic E-state index is 0.154. The van der Waals surface area contributed by atoms with Gasteiger partial charge in [0.2, 0.25) is 11.6 Å². The average Bonchev–Trinajstić information content (AvgIpc) is 2.67. The number of hydrogen-bond donors (Lipinski definition) is 1. The second-order valence-corrected chi connectivity index (χ2v) is 7.23. The summed E-state index contributed by atoms with van der Waals surface area (Å²) in [6, 6.07) is 12.8. The van der Waals surface area contributed by atoms with Crippen molar-refractivity contribution < 1.29 is 14.0 Å². The molecule has 4 rings (SSSR count). The Bertz CT molecular complexity index is 943. The minimum Gasteiger partial charge on any atom is -0.367 e. The number of carbonyl (C=O) groups excluding carboxylic acids is 2. The zero-order valence-electron chi connectivity index (χ0n) is 15.2. The van der Waals surface area contributed by atoms with E-state index >= 15 is 0 Å². The molecule has 138 valence electrons. The van der Waals surface area contributed by atoms with Gasteiger partial charge in [-0.3, -0.25) is 9.59 Å². The molecule has 1 aliphatic heterocycles. The maximum absolute atomic E-state index is 13.6. The number of hydrogen-bond acceptors (Lipinski definition) is 4. The third-order valence-electron chi connectivity index (χ3n) is 5.29. The number of piperidine rings is 1. The van der Waals surface area contributed by atoms with Crippen LogP contribution in [0.25, 0.3) is 0 Å². The van der Waals surface area contributed by atoms with Crippen molar-refractivity contribution in [2.24, 2.45) is 5.92 Å². The molecule has 2 aliphatic rings. The van der Waals surface area contributed by atoms with Gasteiger partial charge in [-0.05, 0) is 37.0 Å². The van der Waals surface area contributed by atoms with Gasteiger partial charge in [-0.1, -0.05) is 37.3 Å². The highest BCUT2D eigenvalue weighted by Crippen LogP contribution is 2.31. The highest BCUT2D eigenvalue weighted by molar-refractivity contribution is 6.27. The quantitative estimate of drug-likeness (QED) is 0.884. The number of likely N-dealkylation sites (tertiary alicyclic amines) is 1.